The third-order valence-corrected chi connectivity index (χ3v) is 6.84. The zero-order valence-electron chi connectivity index (χ0n) is 14.4. The lowest BCUT2D eigenvalue weighted by Crippen LogP contribution is -2.53. The normalized spacial score (nSPS) is 33.7. The summed E-state index contributed by atoms with van der Waals surface area (Å²) in [6.07, 6.45) is 6.52. The summed E-state index contributed by atoms with van der Waals surface area (Å²) >= 11 is 1.72. The van der Waals surface area contributed by atoms with Gasteiger partial charge in [-0.05, 0) is 25.7 Å². The lowest BCUT2D eigenvalue weighted by atomic mass is 9.93. The minimum atomic E-state index is -0.389. The van der Waals surface area contributed by atoms with Crippen molar-refractivity contribution < 1.29 is 14.4 Å². The van der Waals surface area contributed by atoms with E-state index in [1.54, 1.807) is 16.7 Å². The molecule has 3 saturated heterocycles. The maximum atomic E-state index is 12.9. The lowest BCUT2D eigenvalue weighted by molar-refractivity contribution is -0.131. The van der Waals surface area contributed by atoms with E-state index in [1.807, 2.05) is 0 Å². The van der Waals surface area contributed by atoms with E-state index < -0.39 is 0 Å². The van der Waals surface area contributed by atoms with Crippen molar-refractivity contribution in [1.29, 1.82) is 0 Å². The second kappa shape index (κ2) is 7.15. The van der Waals surface area contributed by atoms with Crippen molar-refractivity contribution in [3.63, 3.8) is 0 Å². The quantitative estimate of drug-likeness (QED) is 0.725. The summed E-state index contributed by atoms with van der Waals surface area (Å²) in [5.74, 6) is 1.57. The summed E-state index contributed by atoms with van der Waals surface area (Å²) in [4.78, 5) is 41.1. The lowest BCUT2D eigenvalue weighted by Gasteiger charge is -2.33. The fraction of sp³-hybridized carbons (Fsp3) is 0.824. The molecule has 3 aliphatic heterocycles. The molecule has 3 atom stereocenters. The fourth-order valence-electron chi connectivity index (χ4n) is 4.49. The van der Waals surface area contributed by atoms with Crippen molar-refractivity contribution in [3.8, 4) is 0 Å². The first-order valence-electron chi connectivity index (χ1n) is 9.40. The summed E-state index contributed by atoms with van der Waals surface area (Å²) in [7, 11) is 0. The van der Waals surface area contributed by atoms with E-state index >= 15 is 0 Å². The summed E-state index contributed by atoms with van der Waals surface area (Å²) in [6, 6.07) is -0.584. The monoisotopic (exact) mass is 366 g/mol. The van der Waals surface area contributed by atoms with E-state index in [4.69, 9.17) is 0 Å². The third-order valence-electron chi connectivity index (χ3n) is 5.90. The van der Waals surface area contributed by atoms with Gasteiger partial charge in [-0.3, -0.25) is 19.8 Å². The first-order valence-corrected chi connectivity index (χ1v) is 10.6. The highest BCUT2D eigenvalue weighted by molar-refractivity contribution is 7.99. The van der Waals surface area contributed by atoms with Gasteiger partial charge in [-0.1, -0.05) is 19.3 Å². The number of piperidine rings is 1. The average molecular weight is 366 g/mol. The number of urea groups is 1. The molecule has 0 aromatic heterocycles. The van der Waals surface area contributed by atoms with Gasteiger partial charge in [0.25, 0.3) is 5.91 Å². The van der Waals surface area contributed by atoms with Gasteiger partial charge >= 0.3 is 6.03 Å². The number of carbonyl (C=O) groups is 3. The number of amides is 4. The van der Waals surface area contributed by atoms with Crippen LogP contribution >= 0.6 is 11.8 Å². The Balaban J connectivity index is 1.39. The van der Waals surface area contributed by atoms with E-state index in [2.05, 4.69) is 10.6 Å². The summed E-state index contributed by atoms with van der Waals surface area (Å²) in [5, 5.41) is 6.25. The minimum Gasteiger partial charge on any atom is -0.352 e. The van der Waals surface area contributed by atoms with Crippen molar-refractivity contribution in [1.82, 2.24) is 20.4 Å². The van der Waals surface area contributed by atoms with E-state index in [0.717, 1.165) is 43.7 Å². The molecule has 3 unspecified atom stereocenters. The molecule has 0 bridgehead atoms. The molecule has 3 heterocycles. The van der Waals surface area contributed by atoms with Crippen LogP contribution in [0.5, 0.6) is 0 Å². The van der Waals surface area contributed by atoms with Crippen molar-refractivity contribution >= 4 is 29.6 Å². The number of nitrogens with zero attached hydrogens (tertiary/aromatic N) is 2. The summed E-state index contributed by atoms with van der Waals surface area (Å²) in [6.45, 7) is 0.552. The second-order valence-corrected chi connectivity index (χ2v) is 8.52. The number of rotatable bonds is 3. The van der Waals surface area contributed by atoms with Crippen LogP contribution in [0.25, 0.3) is 0 Å². The van der Waals surface area contributed by atoms with Gasteiger partial charge in [-0.2, -0.15) is 0 Å². The molecule has 138 valence electrons. The fourth-order valence-corrected chi connectivity index (χ4v) is 5.44. The summed E-state index contributed by atoms with van der Waals surface area (Å²) in [5.41, 5.74) is 0. The van der Waals surface area contributed by atoms with Crippen LogP contribution in [0.4, 0.5) is 4.79 Å². The van der Waals surface area contributed by atoms with E-state index in [1.165, 1.54) is 11.3 Å². The largest absolute Gasteiger partial charge is 0.352 e. The Morgan fingerprint density at radius 2 is 1.96 bits per heavy atom. The predicted octanol–water partition coefficient (Wildman–Crippen LogP) is 0.893. The number of carbonyl (C=O) groups excluding carboxylic acids is 3. The predicted molar refractivity (Wildman–Crippen MR) is 95.0 cm³/mol. The van der Waals surface area contributed by atoms with Gasteiger partial charge in [0, 0.05) is 30.3 Å². The molecule has 1 saturated carbocycles. The van der Waals surface area contributed by atoms with Gasteiger partial charge < -0.3 is 10.2 Å². The van der Waals surface area contributed by atoms with Crippen molar-refractivity contribution in [2.45, 2.75) is 69.1 Å². The van der Waals surface area contributed by atoms with Crippen molar-refractivity contribution in [2.75, 3.05) is 18.2 Å². The smallest absolute Gasteiger partial charge is 0.327 e. The van der Waals surface area contributed by atoms with Crippen LogP contribution in [0, 0.1) is 0 Å². The molecule has 0 radical (unpaired) electrons. The Morgan fingerprint density at radius 1 is 1.16 bits per heavy atom. The SMILES string of the molecule is O=C(NC1CCN2C(=O)N(C3CCCCC3)C(=O)C2C1)C1CSCN1. The van der Waals surface area contributed by atoms with Crippen LogP contribution in [-0.2, 0) is 9.59 Å². The maximum absolute atomic E-state index is 12.9. The van der Waals surface area contributed by atoms with Crippen LogP contribution in [0.1, 0.15) is 44.9 Å². The summed E-state index contributed by atoms with van der Waals surface area (Å²) < 4.78 is 0. The molecule has 1 aliphatic carbocycles. The highest BCUT2D eigenvalue weighted by Crippen LogP contribution is 2.32. The van der Waals surface area contributed by atoms with Crippen LogP contribution < -0.4 is 10.6 Å². The molecule has 4 rings (SSSR count). The van der Waals surface area contributed by atoms with Gasteiger partial charge in [-0.25, -0.2) is 4.79 Å². The molecule has 0 spiro atoms. The molecule has 25 heavy (non-hydrogen) atoms. The molecule has 0 aromatic rings. The number of thioether (sulfide) groups is 1. The van der Waals surface area contributed by atoms with E-state index in [-0.39, 0.29) is 42.0 Å². The zero-order valence-corrected chi connectivity index (χ0v) is 15.2. The van der Waals surface area contributed by atoms with Crippen molar-refractivity contribution in [3.05, 3.63) is 0 Å². The Bertz CT molecular complexity index is 560. The number of nitrogens with one attached hydrogen (secondary N) is 2. The zero-order chi connectivity index (χ0) is 17.4. The molecular formula is C17H26N4O3S. The minimum absolute atomic E-state index is 0.0179. The standard InChI is InChI=1S/C17H26N4O3S/c22-15(13-9-25-10-18-13)19-11-6-7-20-14(8-11)16(23)21(17(20)24)12-4-2-1-3-5-12/h11-14,18H,1-10H2,(H,19,22). The highest BCUT2D eigenvalue weighted by atomic mass is 32.2. The Hall–Kier alpha value is -1.28. The number of hydrogen-bond acceptors (Lipinski definition) is 5. The van der Waals surface area contributed by atoms with Gasteiger partial charge in [-0.15, -0.1) is 11.8 Å². The molecule has 7 nitrogen and oxygen atoms in total. The van der Waals surface area contributed by atoms with Gasteiger partial charge in [0.2, 0.25) is 5.91 Å². The Kier molecular flexibility index (Phi) is 4.90. The molecule has 0 aromatic carbocycles. The van der Waals surface area contributed by atoms with Crippen molar-refractivity contribution in [2.24, 2.45) is 0 Å². The molecule has 2 N–H and O–H groups in total. The van der Waals surface area contributed by atoms with Crippen LogP contribution in [-0.4, -0.2) is 70.0 Å². The topological polar surface area (TPSA) is 81.8 Å². The Labute approximate surface area is 152 Å². The maximum Gasteiger partial charge on any atom is 0.327 e. The molecular weight excluding hydrogens is 340 g/mol. The number of hydrogen-bond donors (Lipinski definition) is 2. The molecule has 4 amide bonds. The third kappa shape index (κ3) is 3.26. The van der Waals surface area contributed by atoms with Gasteiger partial charge in [0.1, 0.15) is 6.04 Å². The molecule has 4 fully saturated rings. The van der Waals surface area contributed by atoms with E-state index in [0.29, 0.717) is 13.0 Å². The highest BCUT2D eigenvalue weighted by Gasteiger charge is 2.50. The van der Waals surface area contributed by atoms with Gasteiger partial charge in [0.05, 0.1) is 6.04 Å². The first-order chi connectivity index (χ1) is 12.1. The van der Waals surface area contributed by atoms with Gasteiger partial charge in [0.15, 0.2) is 0 Å². The van der Waals surface area contributed by atoms with Crippen LogP contribution in [0.3, 0.4) is 0 Å². The van der Waals surface area contributed by atoms with E-state index in [9.17, 15) is 14.4 Å². The second-order valence-electron chi connectivity index (χ2n) is 7.49. The average Bonchev–Trinajstić information content (AvgIpc) is 3.24. The van der Waals surface area contributed by atoms with Crippen LogP contribution in [0.15, 0.2) is 0 Å². The first kappa shape index (κ1) is 17.1. The number of imide groups is 1. The Morgan fingerprint density at radius 3 is 2.68 bits per heavy atom. The number of fused-ring (bicyclic) bond motifs is 1. The van der Waals surface area contributed by atoms with Crippen LogP contribution in [0.2, 0.25) is 0 Å². The molecule has 8 heteroatoms. The molecule has 4 aliphatic rings.